The molecular formula is C12H18N2O4S. The zero-order chi connectivity index (χ0) is 14.6. The summed E-state index contributed by atoms with van der Waals surface area (Å²) >= 11 is 0. The third-order valence-electron chi connectivity index (χ3n) is 2.43. The van der Waals surface area contributed by atoms with Crippen LogP contribution < -0.4 is 11.1 Å². The molecule has 1 aromatic carbocycles. The van der Waals surface area contributed by atoms with Gasteiger partial charge in [-0.05, 0) is 25.1 Å². The molecule has 0 aliphatic rings. The predicted molar refractivity (Wildman–Crippen MR) is 75.0 cm³/mol. The molecule has 0 bridgehead atoms. The lowest BCUT2D eigenvalue weighted by Crippen LogP contribution is -2.25. The van der Waals surface area contributed by atoms with Crippen LogP contribution >= 0.6 is 0 Å². The zero-order valence-corrected chi connectivity index (χ0v) is 12.0. The van der Waals surface area contributed by atoms with Crippen LogP contribution in [0.4, 0.5) is 11.4 Å². The second kappa shape index (κ2) is 5.92. The summed E-state index contributed by atoms with van der Waals surface area (Å²) in [5, 5.41) is 2.97. The highest BCUT2D eigenvalue weighted by atomic mass is 32.2. The van der Waals surface area contributed by atoms with Crippen molar-refractivity contribution >= 4 is 27.2 Å². The number of nitrogens with two attached hydrogens (primary N) is 1. The van der Waals surface area contributed by atoms with Crippen molar-refractivity contribution in [2.75, 3.05) is 30.2 Å². The van der Waals surface area contributed by atoms with Crippen LogP contribution in [0.3, 0.4) is 0 Å². The van der Waals surface area contributed by atoms with Crippen molar-refractivity contribution in [1.82, 2.24) is 0 Å². The molecule has 0 saturated carbocycles. The van der Waals surface area contributed by atoms with E-state index in [1.54, 1.807) is 25.1 Å². The van der Waals surface area contributed by atoms with Crippen molar-refractivity contribution in [3.63, 3.8) is 0 Å². The van der Waals surface area contributed by atoms with Crippen LogP contribution in [0.2, 0.25) is 0 Å². The summed E-state index contributed by atoms with van der Waals surface area (Å²) in [6, 6.07) is 4.35. The van der Waals surface area contributed by atoms with E-state index in [0.717, 1.165) is 0 Å². The number of esters is 1. The van der Waals surface area contributed by atoms with Crippen molar-refractivity contribution in [3.05, 3.63) is 23.8 Å². The van der Waals surface area contributed by atoms with Crippen LogP contribution in [-0.2, 0) is 14.6 Å². The fraction of sp³-hybridized carbons (Fsp3) is 0.417. The number of carbonyl (C=O) groups excluding carboxylic acids is 1. The van der Waals surface area contributed by atoms with E-state index in [9.17, 15) is 13.2 Å². The van der Waals surface area contributed by atoms with Crippen molar-refractivity contribution < 1.29 is 17.9 Å². The monoisotopic (exact) mass is 286 g/mol. The molecule has 0 heterocycles. The highest BCUT2D eigenvalue weighted by Gasteiger charge is 2.13. The number of nitrogens with one attached hydrogen (secondary N) is 1. The molecule has 0 saturated heterocycles. The van der Waals surface area contributed by atoms with Crippen molar-refractivity contribution in [3.8, 4) is 0 Å². The van der Waals surface area contributed by atoms with Crippen LogP contribution in [0.15, 0.2) is 18.2 Å². The predicted octanol–water partition coefficient (Wildman–Crippen LogP) is 0.900. The summed E-state index contributed by atoms with van der Waals surface area (Å²) < 4.78 is 27.0. The number of benzene rings is 1. The molecule has 7 heteroatoms. The van der Waals surface area contributed by atoms with Crippen molar-refractivity contribution in [1.29, 1.82) is 0 Å². The standard InChI is InChI=1S/C12H18N2O4S/c1-8(7-19(3,16)17)14-11-6-9(12(15)18-2)4-5-10(11)13/h4-6,8,14H,7,13H2,1-3H3. The maximum Gasteiger partial charge on any atom is 0.337 e. The number of sulfone groups is 1. The fourth-order valence-electron chi connectivity index (χ4n) is 1.69. The Labute approximate surface area is 112 Å². The first-order chi connectivity index (χ1) is 8.73. The highest BCUT2D eigenvalue weighted by molar-refractivity contribution is 7.90. The summed E-state index contributed by atoms with van der Waals surface area (Å²) in [5.41, 5.74) is 7.08. The van der Waals surface area contributed by atoms with Gasteiger partial charge in [-0.25, -0.2) is 13.2 Å². The Hall–Kier alpha value is -1.76. The Morgan fingerprint density at radius 2 is 2.11 bits per heavy atom. The van der Waals surface area contributed by atoms with Gasteiger partial charge in [-0.1, -0.05) is 0 Å². The molecular weight excluding hydrogens is 268 g/mol. The zero-order valence-electron chi connectivity index (χ0n) is 11.1. The molecule has 0 aromatic heterocycles. The molecule has 19 heavy (non-hydrogen) atoms. The molecule has 0 radical (unpaired) electrons. The number of nitrogen functional groups attached to an aromatic ring is 1. The SMILES string of the molecule is COC(=O)c1ccc(N)c(NC(C)CS(C)(=O)=O)c1. The Morgan fingerprint density at radius 1 is 1.47 bits per heavy atom. The van der Waals surface area contributed by atoms with Gasteiger partial charge in [0.1, 0.15) is 9.84 Å². The molecule has 3 N–H and O–H groups in total. The summed E-state index contributed by atoms with van der Waals surface area (Å²) in [7, 11) is -1.79. The van der Waals surface area contributed by atoms with Gasteiger partial charge in [0, 0.05) is 12.3 Å². The number of ether oxygens (including phenoxy) is 1. The Morgan fingerprint density at radius 3 is 2.63 bits per heavy atom. The fourth-order valence-corrected chi connectivity index (χ4v) is 2.68. The maximum atomic E-state index is 11.4. The highest BCUT2D eigenvalue weighted by Crippen LogP contribution is 2.21. The summed E-state index contributed by atoms with van der Waals surface area (Å²) in [5.74, 6) is -0.492. The first-order valence-corrected chi connectivity index (χ1v) is 7.71. The van der Waals surface area contributed by atoms with Crippen LogP contribution in [-0.4, -0.2) is 39.5 Å². The number of hydrogen-bond donors (Lipinski definition) is 2. The van der Waals surface area contributed by atoms with E-state index in [1.807, 2.05) is 0 Å². The van der Waals surface area contributed by atoms with Gasteiger partial charge < -0.3 is 15.8 Å². The van der Waals surface area contributed by atoms with Crippen molar-refractivity contribution in [2.45, 2.75) is 13.0 Å². The van der Waals surface area contributed by atoms with Crippen molar-refractivity contribution in [2.24, 2.45) is 0 Å². The van der Waals surface area contributed by atoms with Crippen LogP contribution in [0.1, 0.15) is 17.3 Å². The van der Waals surface area contributed by atoms with E-state index in [1.165, 1.54) is 13.4 Å². The molecule has 1 unspecified atom stereocenters. The molecule has 6 nitrogen and oxygen atoms in total. The summed E-state index contributed by atoms with van der Waals surface area (Å²) in [6.45, 7) is 1.73. The lowest BCUT2D eigenvalue weighted by Gasteiger charge is -2.16. The van der Waals surface area contributed by atoms with Gasteiger partial charge in [-0.3, -0.25) is 0 Å². The number of anilines is 2. The molecule has 1 atom stereocenters. The van der Waals surface area contributed by atoms with Crippen LogP contribution in [0.5, 0.6) is 0 Å². The summed E-state index contributed by atoms with van der Waals surface area (Å²) in [6.07, 6.45) is 1.17. The minimum atomic E-state index is -3.08. The van der Waals surface area contributed by atoms with Gasteiger partial charge in [-0.2, -0.15) is 0 Å². The van der Waals surface area contributed by atoms with Gasteiger partial charge in [-0.15, -0.1) is 0 Å². The third kappa shape index (κ3) is 4.78. The lowest BCUT2D eigenvalue weighted by atomic mass is 10.1. The second-order valence-electron chi connectivity index (χ2n) is 4.43. The smallest absolute Gasteiger partial charge is 0.337 e. The van der Waals surface area contributed by atoms with E-state index in [2.05, 4.69) is 10.1 Å². The lowest BCUT2D eigenvalue weighted by molar-refractivity contribution is 0.0601. The number of rotatable bonds is 5. The minimum absolute atomic E-state index is 0.0190. The second-order valence-corrected chi connectivity index (χ2v) is 6.62. The maximum absolute atomic E-state index is 11.4. The van der Waals surface area contributed by atoms with Gasteiger partial charge >= 0.3 is 5.97 Å². The number of methoxy groups -OCH3 is 1. The van der Waals surface area contributed by atoms with Crippen LogP contribution in [0.25, 0.3) is 0 Å². The normalized spacial score (nSPS) is 12.8. The topological polar surface area (TPSA) is 98.5 Å². The number of hydrogen-bond acceptors (Lipinski definition) is 6. The minimum Gasteiger partial charge on any atom is -0.465 e. The average Bonchev–Trinajstić information content (AvgIpc) is 2.28. The van der Waals surface area contributed by atoms with E-state index in [0.29, 0.717) is 16.9 Å². The van der Waals surface area contributed by atoms with Gasteiger partial charge in [0.05, 0.1) is 29.8 Å². The largest absolute Gasteiger partial charge is 0.465 e. The van der Waals surface area contributed by atoms with E-state index in [4.69, 9.17) is 5.73 Å². The third-order valence-corrected chi connectivity index (χ3v) is 3.53. The van der Waals surface area contributed by atoms with E-state index >= 15 is 0 Å². The van der Waals surface area contributed by atoms with E-state index < -0.39 is 15.8 Å². The van der Waals surface area contributed by atoms with Crippen LogP contribution in [0, 0.1) is 0 Å². The Balaban J connectivity index is 2.91. The molecule has 1 aromatic rings. The molecule has 1 rings (SSSR count). The molecule has 0 aliphatic carbocycles. The van der Waals surface area contributed by atoms with E-state index in [-0.39, 0.29) is 11.8 Å². The van der Waals surface area contributed by atoms with Gasteiger partial charge in [0.2, 0.25) is 0 Å². The molecule has 0 amide bonds. The molecule has 106 valence electrons. The van der Waals surface area contributed by atoms with Gasteiger partial charge in [0.15, 0.2) is 0 Å². The van der Waals surface area contributed by atoms with Gasteiger partial charge in [0.25, 0.3) is 0 Å². The molecule has 0 fully saturated rings. The molecule has 0 spiro atoms. The first-order valence-electron chi connectivity index (χ1n) is 5.65. The number of carbonyl (C=O) groups is 1. The Bertz CT molecular complexity index is 569. The molecule has 0 aliphatic heterocycles. The summed E-state index contributed by atoms with van der Waals surface area (Å²) in [4.78, 5) is 11.4. The first kappa shape index (κ1) is 15.3. The average molecular weight is 286 g/mol. The quantitative estimate of drug-likeness (QED) is 0.616. The Kier molecular flexibility index (Phi) is 4.77.